The Kier molecular flexibility index (Phi) is 3.57. The van der Waals surface area contributed by atoms with Gasteiger partial charge in [-0.2, -0.15) is 0 Å². The number of aliphatic hydroxyl groups is 1. The minimum absolute atomic E-state index is 0.169. The quantitative estimate of drug-likeness (QED) is 0.806. The van der Waals surface area contributed by atoms with Crippen LogP contribution in [0.3, 0.4) is 0 Å². The number of rotatable bonds is 3. The van der Waals surface area contributed by atoms with E-state index in [1.165, 1.54) is 7.11 Å². The number of hydrogen-bond acceptors (Lipinski definition) is 2. The number of allylic oxidation sites excluding steroid dienone is 2. The predicted octanol–water partition coefficient (Wildman–Crippen LogP) is 2.78. The van der Waals surface area contributed by atoms with Gasteiger partial charge in [0, 0.05) is 7.11 Å². The molecule has 0 fully saturated rings. The SMILES string of the molecule is COC1(O)C=CC=CC1C=Cc1ccccc1. The van der Waals surface area contributed by atoms with E-state index in [0.717, 1.165) is 5.56 Å². The maximum Gasteiger partial charge on any atom is 0.195 e. The first-order valence-electron chi connectivity index (χ1n) is 5.61. The molecule has 0 saturated heterocycles. The monoisotopic (exact) mass is 228 g/mol. The van der Waals surface area contributed by atoms with E-state index in [4.69, 9.17) is 4.74 Å². The molecule has 2 atom stereocenters. The molecule has 0 bridgehead atoms. The molecule has 0 amide bonds. The molecule has 0 saturated carbocycles. The molecule has 0 radical (unpaired) electrons. The lowest BCUT2D eigenvalue weighted by Crippen LogP contribution is -2.36. The summed E-state index contributed by atoms with van der Waals surface area (Å²) in [4.78, 5) is 0. The van der Waals surface area contributed by atoms with E-state index in [-0.39, 0.29) is 5.92 Å². The van der Waals surface area contributed by atoms with E-state index in [9.17, 15) is 5.11 Å². The average molecular weight is 228 g/mol. The Morgan fingerprint density at radius 3 is 2.71 bits per heavy atom. The Morgan fingerprint density at radius 1 is 1.24 bits per heavy atom. The van der Waals surface area contributed by atoms with Crippen LogP contribution in [0.2, 0.25) is 0 Å². The Hall–Kier alpha value is -1.64. The van der Waals surface area contributed by atoms with E-state index >= 15 is 0 Å². The zero-order valence-corrected chi connectivity index (χ0v) is 9.78. The maximum atomic E-state index is 10.2. The summed E-state index contributed by atoms with van der Waals surface area (Å²) in [7, 11) is 1.51. The minimum Gasteiger partial charge on any atom is -0.362 e. The van der Waals surface area contributed by atoms with Gasteiger partial charge in [-0.1, -0.05) is 60.7 Å². The zero-order chi connectivity index (χ0) is 12.1. The first kappa shape index (κ1) is 11.8. The van der Waals surface area contributed by atoms with Gasteiger partial charge in [0.15, 0.2) is 5.79 Å². The molecular weight excluding hydrogens is 212 g/mol. The molecule has 1 aromatic rings. The largest absolute Gasteiger partial charge is 0.362 e. The number of hydrogen-bond donors (Lipinski definition) is 1. The molecule has 1 aromatic carbocycles. The third kappa shape index (κ3) is 2.73. The average Bonchev–Trinajstić information content (AvgIpc) is 2.39. The molecule has 2 heteroatoms. The van der Waals surface area contributed by atoms with Crippen LogP contribution in [0, 0.1) is 5.92 Å². The summed E-state index contributed by atoms with van der Waals surface area (Å²) in [6, 6.07) is 9.99. The van der Waals surface area contributed by atoms with Crippen molar-refractivity contribution in [3.8, 4) is 0 Å². The van der Waals surface area contributed by atoms with Crippen molar-refractivity contribution >= 4 is 6.08 Å². The standard InChI is InChI=1S/C15H16O2/c1-17-15(16)12-6-5-9-14(15)11-10-13-7-3-2-4-8-13/h2-12,14,16H,1H3. The second-order valence-electron chi connectivity index (χ2n) is 4.00. The van der Waals surface area contributed by atoms with Gasteiger partial charge in [0.1, 0.15) is 0 Å². The first-order valence-corrected chi connectivity index (χ1v) is 5.61. The number of methoxy groups -OCH3 is 1. The van der Waals surface area contributed by atoms with Gasteiger partial charge in [-0.25, -0.2) is 0 Å². The predicted molar refractivity (Wildman–Crippen MR) is 69.2 cm³/mol. The van der Waals surface area contributed by atoms with Crippen LogP contribution < -0.4 is 0 Å². The van der Waals surface area contributed by atoms with Crippen molar-refractivity contribution in [2.24, 2.45) is 5.92 Å². The fourth-order valence-electron chi connectivity index (χ4n) is 1.81. The molecule has 0 spiro atoms. The Morgan fingerprint density at radius 2 is 2.00 bits per heavy atom. The van der Waals surface area contributed by atoms with Crippen molar-refractivity contribution in [3.05, 3.63) is 66.3 Å². The Balaban J connectivity index is 2.16. The van der Waals surface area contributed by atoms with Crippen LogP contribution in [-0.2, 0) is 4.74 Å². The molecule has 1 aliphatic carbocycles. The highest BCUT2D eigenvalue weighted by Gasteiger charge is 2.31. The van der Waals surface area contributed by atoms with Crippen molar-refractivity contribution in [3.63, 3.8) is 0 Å². The second-order valence-corrected chi connectivity index (χ2v) is 4.00. The van der Waals surface area contributed by atoms with Gasteiger partial charge in [-0.15, -0.1) is 0 Å². The highest BCUT2D eigenvalue weighted by Crippen LogP contribution is 2.27. The van der Waals surface area contributed by atoms with Crippen LogP contribution in [0.15, 0.2) is 60.7 Å². The van der Waals surface area contributed by atoms with Gasteiger partial charge >= 0.3 is 0 Å². The smallest absolute Gasteiger partial charge is 0.195 e. The fraction of sp³-hybridized carbons (Fsp3) is 0.200. The van der Waals surface area contributed by atoms with Crippen molar-refractivity contribution in [2.45, 2.75) is 5.79 Å². The van der Waals surface area contributed by atoms with Crippen LogP contribution in [0.1, 0.15) is 5.56 Å². The van der Waals surface area contributed by atoms with Crippen LogP contribution in [0.4, 0.5) is 0 Å². The van der Waals surface area contributed by atoms with Gasteiger partial charge in [0.2, 0.25) is 0 Å². The van der Waals surface area contributed by atoms with Gasteiger partial charge in [0.25, 0.3) is 0 Å². The third-order valence-corrected chi connectivity index (χ3v) is 2.86. The molecule has 1 N–H and O–H groups in total. The highest BCUT2D eigenvalue weighted by molar-refractivity contribution is 5.50. The normalized spacial score (nSPS) is 27.8. The van der Waals surface area contributed by atoms with Crippen LogP contribution >= 0.6 is 0 Å². The Labute approximate surface area is 102 Å². The third-order valence-electron chi connectivity index (χ3n) is 2.86. The lowest BCUT2D eigenvalue weighted by Gasteiger charge is -2.30. The molecule has 2 rings (SSSR count). The minimum atomic E-state index is -1.24. The topological polar surface area (TPSA) is 29.5 Å². The molecule has 2 nitrogen and oxygen atoms in total. The van der Waals surface area contributed by atoms with E-state index in [1.807, 2.05) is 54.6 Å². The van der Waals surface area contributed by atoms with Crippen LogP contribution in [-0.4, -0.2) is 18.0 Å². The highest BCUT2D eigenvalue weighted by atomic mass is 16.6. The van der Waals surface area contributed by atoms with Crippen LogP contribution in [0.5, 0.6) is 0 Å². The maximum absolute atomic E-state index is 10.2. The van der Waals surface area contributed by atoms with Gasteiger partial charge in [-0.3, -0.25) is 0 Å². The summed E-state index contributed by atoms with van der Waals surface area (Å²) < 4.78 is 5.15. The van der Waals surface area contributed by atoms with E-state index in [0.29, 0.717) is 0 Å². The first-order chi connectivity index (χ1) is 8.24. The van der Waals surface area contributed by atoms with Gasteiger partial charge in [0.05, 0.1) is 5.92 Å². The van der Waals surface area contributed by atoms with Gasteiger partial charge in [-0.05, 0) is 11.6 Å². The molecule has 2 unspecified atom stereocenters. The van der Waals surface area contributed by atoms with E-state index in [1.54, 1.807) is 12.2 Å². The van der Waals surface area contributed by atoms with Gasteiger partial charge < -0.3 is 9.84 Å². The van der Waals surface area contributed by atoms with E-state index < -0.39 is 5.79 Å². The zero-order valence-electron chi connectivity index (χ0n) is 9.78. The molecule has 17 heavy (non-hydrogen) atoms. The summed E-state index contributed by atoms with van der Waals surface area (Å²) in [5.74, 6) is -1.40. The molecule has 88 valence electrons. The molecule has 0 aliphatic heterocycles. The van der Waals surface area contributed by atoms with E-state index in [2.05, 4.69) is 0 Å². The summed E-state index contributed by atoms with van der Waals surface area (Å²) in [6.45, 7) is 0. The lowest BCUT2D eigenvalue weighted by molar-refractivity contribution is -0.163. The second kappa shape index (κ2) is 5.13. The molecule has 0 aromatic heterocycles. The summed E-state index contributed by atoms with van der Waals surface area (Å²) >= 11 is 0. The summed E-state index contributed by atoms with van der Waals surface area (Å²) in [6.07, 6.45) is 11.2. The number of ether oxygens (including phenoxy) is 1. The van der Waals surface area contributed by atoms with Crippen molar-refractivity contribution in [1.29, 1.82) is 0 Å². The summed E-state index contributed by atoms with van der Waals surface area (Å²) in [5.41, 5.74) is 1.11. The van der Waals surface area contributed by atoms with Crippen LogP contribution in [0.25, 0.3) is 6.08 Å². The summed E-state index contributed by atoms with van der Waals surface area (Å²) in [5, 5.41) is 10.2. The lowest BCUT2D eigenvalue weighted by atomic mass is 9.93. The van der Waals surface area contributed by atoms with Crippen molar-refractivity contribution in [2.75, 3.05) is 7.11 Å². The number of benzene rings is 1. The molecule has 1 aliphatic rings. The van der Waals surface area contributed by atoms with Crippen molar-refractivity contribution < 1.29 is 9.84 Å². The molecular formula is C15H16O2. The van der Waals surface area contributed by atoms with Crippen molar-refractivity contribution in [1.82, 2.24) is 0 Å². The fourth-order valence-corrected chi connectivity index (χ4v) is 1.81. The molecule has 0 heterocycles. The Bertz CT molecular complexity index is 445.